The van der Waals surface area contributed by atoms with Crippen molar-refractivity contribution in [3.63, 3.8) is 0 Å². The number of hydrogen-bond acceptors (Lipinski definition) is 4. The first kappa shape index (κ1) is 20.1. The second-order valence-corrected chi connectivity index (χ2v) is 7.21. The van der Waals surface area contributed by atoms with Crippen LogP contribution in [-0.4, -0.2) is 31.4 Å². The van der Waals surface area contributed by atoms with Crippen molar-refractivity contribution in [2.24, 2.45) is 0 Å². The molecule has 2 heterocycles. The van der Waals surface area contributed by atoms with Gasteiger partial charge in [-0.2, -0.15) is 10.2 Å². The summed E-state index contributed by atoms with van der Waals surface area (Å²) in [5.74, 6) is -0.225. The number of aromatic nitrogens is 4. The largest absolute Gasteiger partial charge is 0.318 e. The molecule has 0 atom stereocenters. The Kier molecular flexibility index (Phi) is 5.61. The summed E-state index contributed by atoms with van der Waals surface area (Å²) in [6.07, 6.45) is 3.36. The molecule has 8 heteroatoms. The number of para-hydroxylation sites is 1. The highest BCUT2D eigenvalue weighted by Gasteiger charge is 2.17. The molecule has 0 radical (unpaired) electrons. The van der Waals surface area contributed by atoms with Gasteiger partial charge in [-0.15, -0.1) is 0 Å². The Morgan fingerprint density at radius 2 is 1.81 bits per heavy atom. The highest BCUT2D eigenvalue weighted by Crippen LogP contribution is 2.18. The molecule has 0 bridgehead atoms. The zero-order valence-electron chi connectivity index (χ0n) is 17.2. The lowest BCUT2D eigenvalue weighted by Gasteiger charge is -2.06. The summed E-state index contributed by atoms with van der Waals surface area (Å²) >= 11 is 0. The Morgan fingerprint density at radius 3 is 2.55 bits per heavy atom. The van der Waals surface area contributed by atoms with Crippen LogP contribution >= 0.6 is 0 Å². The van der Waals surface area contributed by atoms with Crippen LogP contribution in [0.2, 0.25) is 0 Å². The maximum Gasteiger partial charge on any atom is 0.276 e. The van der Waals surface area contributed by atoms with Crippen molar-refractivity contribution in [2.75, 3.05) is 10.6 Å². The lowest BCUT2D eigenvalue weighted by Crippen LogP contribution is -2.13. The van der Waals surface area contributed by atoms with Gasteiger partial charge in [-0.3, -0.25) is 14.3 Å². The predicted octanol–water partition coefficient (Wildman–Crippen LogP) is 3.64. The standard InChI is InChI=1S/C23H22N6O2/c1-16-7-6-8-18(11-16)14-28-15-19(13-24-28)26-23(31)21-12-22(25-17(2)30)29(27-21)20-9-4-3-5-10-20/h3-13,15H,14H2,1-2H3,(H,25,30)(H,26,31). The van der Waals surface area contributed by atoms with E-state index in [0.717, 1.165) is 11.3 Å². The first-order valence-corrected chi connectivity index (χ1v) is 9.80. The summed E-state index contributed by atoms with van der Waals surface area (Å²) in [7, 11) is 0. The summed E-state index contributed by atoms with van der Waals surface area (Å²) in [4.78, 5) is 24.3. The van der Waals surface area contributed by atoms with Crippen LogP contribution < -0.4 is 10.6 Å². The number of carbonyl (C=O) groups excluding carboxylic acids is 2. The van der Waals surface area contributed by atoms with Crippen LogP contribution in [0.3, 0.4) is 0 Å². The number of benzene rings is 2. The zero-order valence-corrected chi connectivity index (χ0v) is 17.2. The molecule has 0 saturated carbocycles. The number of hydrogen-bond donors (Lipinski definition) is 2. The van der Waals surface area contributed by atoms with Gasteiger partial charge in [0.2, 0.25) is 5.91 Å². The van der Waals surface area contributed by atoms with Crippen LogP contribution in [0, 0.1) is 6.92 Å². The summed E-state index contributed by atoms with van der Waals surface area (Å²) in [6, 6.07) is 19.0. The third kappa shape index (κ3) is 4.87. The van der Waals surface area contributed by atoms with E-state index in [4.69, 9.17) is 0 Å². The molecular formula is C23H22N6O2. The molecule has 0 aliphatic rings. The Balaban J connectivity index is 1.52. The van der Waals surface area contributed by atoms with Crippen LogP contribution in [0.15, 0.2) is 73.1 Å². The normalized spacial score (nSPS) is 10.6. The minimum absolute atomic E-state index is 0.180. The maximum absolute atomic E-state index is 12.8. The highest BCUT2D eigenvalue weighted by molar-refractivity contribution is 6.03. The van der Waals surface area contributed by atoms with E-state index in [2.05, 4.69) is 26.9 Å². The van der Waals surface area contributed by atoms with Gasteiger partial charge in [0, 0.05) is 19.2 Å². The molecule has 0 spiro atoms. The Hall–Kier alpha value is -4.20. The lowest BCUT2D eigenvalue weighted by molar-refractivity contribution is -0.114. The number of nitrogens with zero attached hydrogens (tertiary/aromatic N) is 4. The van der Waals surface area contributed by atoms with Gasteiger partial charge >= 0.3 is 0 Å². The molecule has 0 fully saturated rings. The average molecular weight is 414 g/mol. The fourth-order valence-corrected chi connectivity index (χ4v) is 3.23. The highest BCUT2D eigenvalue weighted by atomic mass is 16.2. The van der Waals surface area contributed by atoms with Gasteiger partial charge in [-0.05, 0) is 24.6 Å². The summed E-state index contributed by atoms with van der Waals surface area (Å²) in [5.41, 5.74) is 3.79. The molecule has 2 N–H and O–H groups in total. The van der Waals surface area contributed by atoms with E-state index in [-0.39, 0.29) is 11.6 Å². The van der Waals surface area contributed by atoms with E-state index in [9.17, 15) is 9.59 Å². The maximum atomic E-state index is 12.8. The van der Waals surface area contributed by atoms with Crippen molar-refractivity contribution in [1.29, 1.82) is 0 Å². The fraction of sp³-hybridized carbons (Fsp3) is 0.130. The van der Waals surface area contributed by atoms with Crippen molar-refractivity contribution in [3.05, 3.63) is 89.9 Å². The quantitative estimate of drug-likeness (QED) is 0.504. The third-order valence-electron chi connectivity index (χ3n) is 4.57. The van der Waals surface area contributed by atoms with Crippen molar-refractivity contribution in [2.45, 2.75) is 20.4 Å². The molecule has 8 nitrogen and oxygen atoms in total. The van der Waals surface area contributed by atoms with Crippen LogP contribution in [0.25, 0.3) is 5.69 Å². The number of anilines is 2. The van der Waals surface area contributed by atoms with E-state index in [1.165, 1.54) is 17.2 Å². The van der Waals surface area contributed by atoms with Crippen molar-refractivity contribution in [1.82, 2.24) is 19.6 Å². The van der Waals surface area contributed by atoms with E-state index in [0.29, 0.717) is 18.1 Å². The molecule has 31 heavy (non-hydrogen) atoms. The van der Waals surface area contributed by atoms with Crippen molar-refractivity contribution in [3.8, 4) is 5.69 Å². The van der Waals surface area contributed by atoms with Gasteiger partial charge in [0.05, 0.1) is 24.1 Å². The Morgan fingerprint density at radius 1 is 1.00 bits per heavy atom. The molecule has 0 saturated heterocycles. The molecule has 0 unspecified atom stereocenters. The van der Waals surface area contributed by atoms with Crippen LogP contribution in [0.4, 0.5) is 11.5 Å². The molecule has 0 aliphatic carbocycles. The predicted molar refractivity (Wildman–Crippen MR) is 118 cm³/mol. The topological polar surface area (TPSA) is 93.8 Å². The molecule has 156 valence electrons. The number of nitrogens with one attached hydrogen (secondary N) is 2. The fourth-order valence-electron chi connectivity index (χ4n) is 3.23. The minimum atomic E-state index is -0.392. The average Bonchev–Trinajstić information content (AvgIpc) is 3.35. The first-order chi connectivity index (χ1) is 15.0. The number of aryl methyl sites for hydroxylation is 1. The SMILES string of the molecule is CC(=O)Nc1cc(C(=O)Nc2cnn(Cc3cccc(C)c3)c2)nn1-c1ccccc1. The Labute approximate surface area is 179 Å². The monoisotopic (exact) mass is 414 g/mol. The van der Waals surface area contributed by atoms with Gasteiger partial charge in [-0.1, -0.05) is 48.0 Å². The van der Waals surface area contributed by atoms with E-state index >= 15 is 0 Å². The van der Waals surface area contributed by atoms with Gasteiger partial charge in [0.15, 0.2) is 5.69 Å². The van der Waals surface area contributed by atoms with E-state index < -0.39 is 5.91 Å². The van der Waals surface area contributed by atoms with Crippen molar-refractivity contribution < 1.29 is 9.59 Å². The molecule has 0 aliphatic heterocycles. The van der Waals surface area contributed by atoms with Gasteiger partial charge < -0.3 is 10.6 Å². The zero-order chi connectivity index (χ0) is 21.8. The van der Waals surface area contributed by atoms with Crippen LogP contribution in [-0.2, 0) is 11.3 Å². The van der Waals surface area contributed by atoms with Crippen LogP contribution in [0.5, 0.6) is 0 Å². The van der Waals surface area contributed by atoms with Crippen molar-refractivity contribution >= 4 is 23.3 Å². The second kappa shape index (κ2) is 8.66. The van der Waals surface area contributed by atoms with E-state index in [1.54, 1.807) is 23.1 Å². The van der Waals surface area contributed by atoms with Crippen LogP contribution in [0.1, 0.15) is 28.5 Å². The molecule has 2 aromatic heterocycles. The first-order valence-electron chi connectivity index (χ1n) is 9.80. The smallest absolute Gasteiger partial charge is 0.276 e. The molecule has 2 aromatic carbocycles. The van der Waals surface area contributed by atoms with Gasteiger partial charge in [0.25, 0.3) is 5.91 Å². The Bertz CT molecular complexity index is 1230. The molecule has 4 rings (SSSR count). The van der Waals surface area contributed by atoms with Gasteiger partial charge in [-0.25, -0.2) is 4.68 Å². The van der Waals surface area contributed by atoms with E-state index in [1.807, 2.05) is 55.5 Å². The molecule has 4 aromatic rings. The third-order valence-corrected chi connectivity index (χ3v) is 4.57. The number of amides is 2. The minimum Gasteiger partial charge on any atom is -0.318 e. The number of carbonyl (C=O) groups is 2. The summed E-state index contributed by atoms with van der Waals surface area (Å²) in [6.45, 7) is 4.06. The molecule has 2 amide bonds. The summed E-state index contributed by atoms with van der Waals surface area (Å²) in [5, 5.41) is 14.2. The summed E-state index contributed by atoms with van der Waals surface area (Å²) < 4.78 is 3.28. The van der Waals surface area contributed by atoms with Gasteiger partial charge in [0.1, 0.15) is 5.82 Å². The number of rotatable bonds is 6. The lowest BCUT2D eigenvalue weighted by atomic mass is 10.1. The second-order valence-electron chi connectivity index (χ2n) is 7.21. The molecular weight excluding hydrogens is 392 g/mol.